The van der Waals surface area contributed by atoms with Crippen molar-refractivity contribution in [2.45, 2.75) is 72.0 Å². The Balaban J connectivity index is 1.61. The molecule has 1 saturated carbocycles. The number of carbonyl (C=O) groups excluding carboxylic acids is 1. The quantitative estimate of drug-likeness (QED) is 0.749. The van der Waals surface area contributed by atoms with Crippen molar-refractivity contribution in [3.63, 3.8) is 0 Å². The van der Waals surface area contributed by atoms with E-state index in [1.807, 2.05) is 6.92 Å². The molecule has 0 saturated heterocycles. The number of nitrogens with one attached hydrogen (secondary N) is 1. The van der Waals surface area contributed by atoms with Crippen LogP contribution in [-0.4, -0.2) is 34.5 Å². The molecule has 156 valence electrons. The molecule has 0 bridgehead atoms. The van der Waals surface area contributed by atoms with Crippen molar-refractivity contribution in [3.05, 3.63) is 28.8 Å². The Morgan fingerprint density at radius 3 is 2.36 bits per heavy atom. The van der Waals surface area contributed by atoms with Crippen LogP contribution >= 0.6 is 0 Å². The zero-order chi connectivity index (χ0) is 20.6. The third-order valence-electron chi connectivity index (χ3n) is 6.73. The zero-order valence-electron chi connectivity index (χ0n) is 17.3. The Kier molecular flexibility index (Phi) is 6.28. The molecule has 1 amide bonds. The van der Waals surface area contributed by atoms with Gasteiger partial charge in [0.2, 0.25) is 0 Å². The molecule has 0 aromatic heterocycles. The highest BCUT2D eigenvalue weighted by atomic mass is 19.1. The van der Waals surface area contributed by atoms with Crippen LogP contribution in [-0.2, 0) is 6.54 Å². The monoisotopic (exact) mass is 394 g/mol. The number of nitrogens with zero attached hydrogens (tertiary/aromatic N) is 1. The third kappa shape index (κ3) is 4.02. The average molecular weight is 395 g/mol. The topological polar surface area (TPSA) is 52.6 Å². The van der Waals surface area contributed by atoms with Gasteiger partial charge in [-0.25, -0.2) is 8.78 Å². The number of fused-ring (bicyclic) bond motifs is 1. The van der Waals surface area contributed by atoms with Crippen molar-refractivity contribution < 1.29 is 18.7 Å². The van der Waals surface area contributed by atoms with Gasteiger partial charge in [-0.2, -0.15) is 0 Å². The molecule has 28 heavy (non-hydrogen) atoms. The summed E-state index contributed by atoms with van der Waals surface area (Å²) in [5.41, 5.74) is 0.152. The molecule has 1 fully saturated rings. The van der Waals surface area contributed by atoms with Gasteiger partial charge < -0.3 is 15.3 Å². The number of carbonyl (C=O) groups is 1. The minimum absolute atomic E-state index is 0.0328. The van der Waals surface area contributed by atoms with Gasteiger partial charge in [0.05, 0.1) is 5.56 Å². The number of rotatable bonds is 6. The van der Waals surface area contributed by atoms with Crippen molar-refractivity contribution in [1.82, 2.24) is 10.2 Å². The fourth-order valence-electron chi connectivity index (χ4n) is 4.78. The molecule has 2 aliphatic rings. The summed E-state index contributed by atoms with van der Waals surface area (Å²) < 4.78 is 27.9. The van der Waals surface area contributed by atoms with Crippen LogP contribution in [0.3, 0.4) is 0 Å². The predicted octanol–water partition coefficient (Wildman–Crippen LogP) is 4.46. The number of hydrogen-bond donors (Lipinski definition) is 2. The van der Waals surface area contributed by atoms with Crippen LogP contribution in [0, 0.1) is 29.4 Å². The van der Waals surface area contributed by atoms with E-state index in [1.54, 1.807) is 4.90 Å². The van der Waals surface area contributed by atoms with Gasteiger partial charge >= 0.3 is 0 Å². The van der Waals surface area contributed by atoms with Gasteiger partial charge in [0.25, 0.3) is 5.91 Å². The first-order chi connectivity index (χ1) is 13.2. The van der Waals surface area contributed by atoms with Gasteiger partial charge in [0.15, 0.2) is 17.4 Å². The van der Waals surface area contributed by atoms with E-state index in [-0.39, 0.29) is 18.2 Å². The number of aromatic hydroxyl groups is 1. The number of phenolic OH excluding ortho intramolecular Hbond substituents is 1. The average Bonchev–Trinajstić information content (AvgIpc) is 3.00. The summed E-state index contributed by atoms with van der Waals surface area (Å²) in [7, 11) is 0. The van der Waals surface area contributed by atoms with Crippen LogP contribution in [0.1, 0.15) is 69.3 Å². The normalized spacial score (nSPS) is 24.5. The maximum Gasteiger partial charge on any atom is 0.257 e. The maximum absolute atomic E-state index is 14.2. The van der Waals surface area contributed by atoms with Crippen molar-refractivity contribution in [1.29, 1.82) is 0 Å². The van der Waals surface area contributed by atoms with E-state index >= 15 is 0 Å². The molecule has 2 unspecified atom stereocenters. The molecule has 1 aromatic carbocycles. The molecular formula is C22H32F2N2O2. The van der Waals surface area contributed by atoms with E-state index in [4.69, 9.17) is 0 Å². The molecule has 6 heteroatoms. The third-order valence-corrected chi connectivity index (χ3v) is 6.73. The number of halogens is 2. The molecule has 1 aromatic rings. The lowest BCUT2D eigenvalue weighted by molar-refractivity contribution is 0.0585. The predicted molar refractivity (Wildman–Crippen MR) is 105 cm³/mol. The lowest BCUT2D eigenvalue weighted by Crippen LogP contribution is -2.41. The van der Waals surface area contributed by atoms with E-state index in [1.165, 1.54) is 0 Å². The van der Waals surface area contributed by atoms with Gasteiger partial charge in [-0.1, -0.05) is 20.8 Å². The molecule has 2 atom stereocenters. The molecule has 1 heterocycles. The summed E-state index contributed by atoms with van der Waals surface area (Å²) in [4.78, 5) is 14.4. The first kappa shape index (κ1) is 21.0. The Hall–Kier alpha value is -1.69. The van der Waals surface area contributed by atoms with Gasteiger partial charge in [-0.05, 0) is 68.5 Å². The van der Waals surface area contributed by atoms with Crippen molar-refractivity contribution in [2.75, 3.05) is 6.54 Å². The van der Waals surface area contributed by atoms with Gasteiger partial charge in [0, 0.05) is 18.6 Å². The summed E-state index contributed by atoms with van der Waals surface area (Å²) in [6.07, 6.45) is 4.35. The molecule has 0 radical (unpaired) electrons. The first-order valence-electron chi connectivity index (χ1n) is 10.4. The Morgan fingerprint density at radius 1 is 1.14 bits per heavy atom. The maximum atomic E-state index is 14.2. The van der Waals surface area contributed by atoms with Gasteiger partial charge in [0.1, 0.15) is 0 Å². The van der Waals surface area contributed by atoms with Crippen LogP contribution < -0.4 is 5.32 Å². The molecule has 3 rings (SSSR count). The molecule has 1 aliphatic heterocycles. The van der Waals surface area contributed by atoms with E-state index in [2.05, 4.69) is 26.1 Å². The molecular weight excluding hydrogens is 362 g/mol. The second kappa shape index (κ2) is 8.36. The van der Waals surface area contributed by atoms with Crippen LogP contribution in [0.4, 0.5) is 8.78 Å². The van der Waals surface area contributed by atoms with Gasteiger partial charge in [-0.15, -0.1) is 0 Å². The molecule has 4 nitrogen and oxygen atoms in total. The number of phenols is 1. The lowest BCUT2D eigenvalue weighted by Gasteiger charge is -2.38. The van der Waals surface area contributed by atoms with Crippen molar-refractivity contribution >= 4 is 5.91 Å². The molecule has 0 spiro atoms. The minimum Gasteiger partial charge on any atom is -0.503 e. The van der Waals surface area contributed by atoms with Crippen LogP contribution in [0.5, 0.6) is 5.75 Å². The first-order valence-corrected chi connectivity index (χ1v) is 10.4. The summed E-state index contributed by atoms with van der Waals surface area (Å²) in [6, 6.07) is 1.54. The summed E-state index contributed by atoms with van der Waals surface area (Å²) >= 11 is 0. The second-order valence-corrected chi connectivity index (χ2v) is 8.94. The SMILES string of the molecule is CC(C)NCC(C)C1CCC(C(C)N2Cc3cc(F)c(O)c(F)c3C2=O)CC1. The summed E-state index contributed by atoms with van der Waals surface area (Å²) in [5, 5.41) is 13.0. The highest BCUT2D eigenvalue weighted by Crippen LogP contribution is 2.39. The zero-order valence-corrected chi connectivity index (χ0v) is 17.3. The summed E-state index contributed by atoms with van der Waals surface area (Å²) in [5.74, 6) is -1.98. The van der Waals surface area contributed by atoms with E-state index in [0.29, 0.717) is 29.4 Å². The van der Waals surface area contributed by atoms with Crippen molar-refractivity contribution in [2.24, 2.45) is 17.8 Å². The van der Waals surface area contributed by atoms with Crippen LogP contribution in [0.2, 0.25) is 0 Å². The molecule has 2 N–H and O–H groups in total. The Labute approximate surface area is 166 Å². The lowest BCUT2D eigenvalue weighted by atomic mass is 9.74. The van der Waals surface area contributed by atoms with Crippen LogP contribution in [0.25, 0.3) is 0 Å². The van der Waals surface area contributed by atoms with Crippen LogP contribution in [0.15, 0.2) is 6.07 Å². The highest BCUT2D eigenvalue weighted by Gasteiger charge is 2.39. The molecule has 1 aliphatic carbocycles. The number of amides is 1. The Bertz CT molecular complexity index is 730. The second-order valence-electron chi connectivity index (χ2n) is 8.94. The van der Waals surface area contributed by atoms with E-state index < -0.39 is 23.3 Å². The smallest absolute Gasteiger partial charge is 0.257 e. The Morgan fingerprint density at radius 2 is 1.75 bits per heavy atom. The minimum atomic E-state index is -1.13. The van der Waals surface area contributed by atoms with Crippen molar-refractivity contribution in [3.8, 4) is 5.75 Å². The van der Waals surface area contributed by atoms with E-state index in [0.717, 1.165) is 38.3 Å². The highest BCUT2D eigenvalue weighted by molar-refractivity contribution is 5.99. The number of hydrogen-bond acceptors (Lipinski definition) is 3. The fourth-order valence-corrected chi connectivity index (χ4v) is 4.78. The fraction of sp³-hybridized carbons (Fsp3) is 0.682. The van der Waals surface area contributed by atoms with Gasteiger partial charge in [-0.3, -0.25) is 4.79 Å². The standard InChI is InChI=1S/C22H32F2N2O2/c1-12(2)25-10-13(3)15-5-7-16(8-6-15)14(4)26-11-17-9-18(23)21(27)20(24)19(17)22(26)28/h9,12-16,25,27H,5-8,10-11H2,1-4H3. The van der Waals surface area contributed by atoms with E-state index in [9.17, 15) is 18.7 Å². The largest absolute Gasteiger partial charge is 0.503 e. The number of benzene rings is 1. The summed E-state index contributed by atoms with van der Waals surface area (Å²) in [6.45, 7) is 9.85.